The Labute approximate surface area is 109 Å². The highest BCUT2D eigenvalue weighted by molar-refractivity contribution is 5.99. The van der Waals surface area contributed by atoms with Gasteiger partial charge in [0, 0.05) is 0 Å². The zero-order valence-corrected chi connectivity index (χ0v) is 12.0. The third-order valence-corrected chi connectivity index (χ3v) is 3.95. The predicted octanol–water partition coefficient (Wildman–Crippen LogP) is 3.55. The van der Waals surface area contributed by atoms with E-state index in [-0.39, 0.29) is 6.42 Å². The zero-order chi connectivity index (χ0) is 14.4. The smallest absolute Gasteiger partial charge is 0.321 e. The van der Waals surface area contributed by atoms with E-state index in [2.05, 4.69) is 0 Å². The summed E-state index contributed by atoms with van der Waals surface area (Å²) >= 11 is 0. The summed E-state index contributed by atoms with van der Waals surface area (Å²) < 4.78 is 0. The van der Waals surface area contributed by atoms with E-state index in [0.717, 1.165) is 19.3 Å². The lowest BCUT2D eigenvalue weighted by Crippen LogP contribution is -2.50. The second-order valence-corrected chi connectivity index (χ2v) is 5.61. The molecule has 0 atom stereocenters. The molecule has 0 saturated heterocycles. The van der Waals surface area contributed by atoms with Gasteiger partial charge in [0.25, 0.3) is 0 Å². The molecule has 4 heteroatoms. The average molecular weight is 258 g/mol. The first-order valence-corrected chi connectivity index (χ1v) is 6.73. The Morgan fingerprint density at radius 1 is 0.889 bits per heavy atom. The SMILES string of the molecule is CCCCC(C)(C)C(CCCC)(C(=O)O)C(=O)O. The van der Waals surface area contributed by atoms with Crippen LogP contribution in [-0.2, 0) is 9.59 Å². The lowest BCUT2D eigenvalue weighted by molar-refractivity contribution is -0.176. The fourth-order valence-corrected chi connectivity index (χ4v) is 2.50. The highest BCUT2D eigenvalue weighted by Crippen LogP contribution is 2.47. The van der Waals surface area contributed by atoms with E-state index in [1.54, 1.807) is 13.8 Å². The van der Waals surface area contributed by atoms with Gasteiger partial charge in [-0.3, -0.25) is 9.59 Å². The fourth-order valence-electron chi connectivity index (χ4n) is 2.50. The minimum absolute atomic E-state index is 0.199. The van der Waals surface area contributed by atoms with Crippen LogP contribution in [0.25, 0.3) is 0 Å². The summed E-state index contributed by atoms with van der Waals surface area (Å²) in [5.41, 5.74) is -2.41. The Hall–Kier alpha value is -1.06. The van der Waals surface area contributed by atoms with E-state index in [1.807, 2.05) is 13.8 Å². The molecule has 0 aromatic heterocycles. The molecule has 0 aromatic carbocycles. The van der Waals surface area contributed by atoms with E-state index >= 15 is 0 Å². The topological polar surface area (TPSA) is 74.6 Å². The molecule has 0 aromatic rings. The molecular weight excluding hydrogens is 232 g/mol. The van der Waals surface area contributed by atoms with Crippen molar-refractivity contribution >= 4 is 11.9 Å². The van der Waals surface area contributed by atoms with Gasteiger partial charge in [0.15, 0.2) is 5.41 Å². The Morgan fingerprint density at radius 2 is 1.28 bits per heavy atom. The van der Waals surface area contributed by atoms with Crippen molar-refractivity contribution in [1.29, 1.82) is 0 Å². The van der Waals surface area contributed by atoms with Crippen molar-refractivity contribution in [2.75, 3.05) is 0 Å². The maximum Gasteiger partial charge on any atom is 0.321 e. The molecule has 0 heterocycles. The van der Waals surface area contributed by atoms with E-state index in [1.165, 1.54) is 0 Å². The molecule has 0 aliphatic rings. The van der Waals surface area contributed by atoms with Crippen LogP contribution in [-0.4, -0.2) is 22.2 Å². The maximum atomic E-state index is 11.6. The van der Waals surface area contributed by atoms with Crippen LogP contribution in [0.15, 0.2) is 0 Å². The molecule has 18 heavy (non-hydrogen) atoms. The second kappa shape index (κ2) is 6.76. The van der Waals surface area contributed by atoms with E-state index in [9.17, 15) is 19.8 Å². The predicted molar refractivity (Wildman–Crippen MR) is 70.5 cm³/mol. The van der Waals surface area contributed by atoms with Crippen LogP contribution in [0, 0.1) is 10.8 Å². The van der Waals surface area contributed by atoms with E-state index < -0.39 is 22.8 Å². The number of carbonyl (C=O) groups is 2. The van der Waals surface area contributed by atoms with Crippen molar-refractivity contribution in [3.05, 3.63) is 0 Å². The maximum absolute atomic E-state index is 11.6. The summed E-state index contributed by atoms with van der Waals surface area (Å²) in [6.07, 6.45) is 4.02. The largest absolute Gasteiger partial charge is 0.480 e. The van der Waals surface area contributed by atoms with Gasteiger partial charge < -0.3 is 10.2 Å². The van der Waals surface area contributed by atoms with Gasteiger partial charge in [-0.2, -0.15) is 0 Å². The lowest BCUT2D eigenvalue weighted by Gasteiger charge is -2.40. The van der Waals surface area contributed by atoms with Gasteiger partial charge in [0.1, 0.15) is 0 Å². The summed E-state index contributed by atoms with van der Waals surface area (Å²) in [6, 6.07) is 0. The summed E-state index contributed by atoms with van der Waals surface area (Å²) in [7, 11) is 0. The van der Waals surface area contributed by atoms with Gasteiger partial charge in [-0.25, -0.2) is 0 Å². The number of unbranched alkanes of at least 4 members (excludes halogenated alkanes) is 2. The monoisotopic (exact) mass is 258 g/mol. The van der Waals surface area contributed by atoms with Crippen LogP contribution in [0.5, 0.6) is 0 Å². The van der Waals surface area contributed by atoms with Gasteiger partial charge in [0.05, 0.1) is 0 Å². The second-order valence-electron chi connectivity index (χ2n) is 5.61. The first kappa shape index (κ1) is 16.9. The van der Waals surface area contributed by atoms with Gasteiger partial charge in [-0.1, -0.05) is 53.4 Å². The first-order valence-electron chi connectivity index (χ1n) is 6.73. The molecule has 0 radical (unpaired) electrons. The first-order chi connectivity index (χ1) is 8.26. The Balaban J connectivity index is 5.39. The Bertz CT molecular complexity index is 280. The van der Waals surface area contributed by atoms with Crippen LogP contribution in [0.3, 0.4) is 0 Å². The van der Waals surface area contributed by atoms with Crippen LogP contribution in [0.4, 0.5) is 0 Å². The molecule has 0 fully saturated rings. The Kier molecular flexibility index (Phi) is 6.36. The molecule has 0 unspecified atom stereocenters. The summed E-state index contributed by atoms with van der Waals surface area (Å²) in [4.78, 5) is 23.2. The molecule has 2 N–H and O–H groups in total. The summed E-state index contributed by atoms with van der Waals surface area (Å²) in [5.74, 6) is -2.41. The molecule has 0 saturated carbocycles. The summed E-state index contributed by atoms with van der Waals surface area (Å²) in [6.45, 7) is 7.49. The molecule has 0 aliphatic carbocycles. The lowest BCUT2D eigenvalue weighted by atomic mass is 9.60. The van der Waals surface area contributed by atoms with Crippen LogP contribution < -0.4 is 0 Å². The molecule has 0 spiro atoms. The zero-order valence-electron chi connectivity index (χ0n) is 12.0. The van der Waals surface area contributed by atoms with Crippen molar-refractivity contribution < 1.29 is 19.8 Å². The molecule has 0 aliphatic heterocycles. The molecule has 0 rings (SSSR count). The van der Waals surface area contributed by atoms with Gasteiger partial charge in [0.2, 0.25) is 0 Å². The highest BCUT2D eigenvalue weighted by Gasteiger charge is 2.56. The average Bonchev–Trinajstić information content (AvgIpc) is 2.26. The third-order valence-electron chi connectivity index (χ3n) is 3.95. The molecule has 0 bridgehead atoms. The molecule has 4 nitrogen and oxygen atoms in total. The van der Waals surface area contributed by atoms with Crippen molar-refractivity contribution in [1.82, 2.24) is 0 Å². The van der Waals surface area contributed by atoms with E-state index in [4.69, 9.17) is 0 Å². The van der Waals surface area contributed by atoms with Crippen LogP contribution in [0.2, 0.25) is 0 Å². The van der Waals surface area contributed by atoms with Crippen LogP contribution in [0.1, 0.15) is 66.2 Å². The number of carboxylic acid groups (broad SMARTS) is 2. The van der Waals surface area contributed by atoms with Gasteiger partial charge in [-0.15, -0.1) is 0 Å². The normalized spacial score (nSPS) is 12.4. The van der Waals surface area contributed by atoms with Gasteiger partial charge >= 0.3 is 11.9 Å². The number of carboxylic acids is 2. The third kappa shape index (κ3) is 3.24. The summed E-state index contributed by atoms with van der Waals surface area (Å²) in [5, 5.41) is 18.9. The van der Waals surface area contributed by atoms with Crippen molar-refractivity contribution in [3.63, 3.8) is 0 Å². The van der Waals surface area contributed by atoms with Gasteiger partial charge in [-0.05, 0) is 18.3 Å². The molecular formula is C14H26O4. The molecule has 106 valence electrons. The number of hydrogen-bond donors (Lipinski definition) is 2. The van der Waals surface area contributed by atoms with Crippen molar-refractivity contribution in [2.45, 2.75) is 66.2 Å². The number of aliphatic carboxylic acids is 2. The number of rotatable bonds is 9. The quantitative estimate of drug-likeness (QED) is 0.620. The Morgan fingerprint density at radius 3 is 1.61 bits per heavy atom. The molecule has 0 amide bonds. The number of hydrogen-bond acceptors (Lipinski definition) is 2. The minimum Gasteiger partial charge on any atom is -0.480 e. The standard InChI is InChI=1S/C14H26O4/c1-5-7-9-13(3,4)14(11(15)16,12(17)18)10-8-6-2/h5-10H2,1-4H3,(H,15,16)(H,17,18). The highest BCUT2D eigenvalue weighted by atomic mass is 16.4. The minimum atomic E-state index is -1.67. The van der Waals surface area contributed by atoms with Crippen molar-refractivity contribution in [2.24, 2.45) is 10.8 Å². The van der Waals surface area contributed by atoms with Crippen LogP contribution >= 0.6 is 0 Å². The fraction of sp³-hybridized carbons (Fsp3) is 0.857. The van der Waals surface area contributed by atoms with E-state index in [0.29, 0.717) is 12.8 Å². The van der Waals surface area contributed by atoms with Crippen molar-refractivity contribution in [3.8, 4) is 0 Å².